The highest BCUT2D eigenvalue weighted by molar-refractivity contribution is 7.09. The molecule has 6 heteroatoms. The van der Waals surface area contributed by atoms with Crippen LogP contribution in [0.1, 0.15) is 32.4 Å². The van der Waals surface area contributed by atoms with Gasteiger partial charge in [0.25, 0.3) is 0 Å². The van der Waals surface area contributed by atoms with E-state index < -0.39 is 5.97 Å². The lowest BCUT2D eigenvalue weighted by atomic mass is 10.2. The summed E-state index contributed by atoms with van der Waals surface area (Å²) in [6, 6.07) is 3.75. The fraction of sp³-hybridized carbons (Fsp3) is 0.214. The molecule has 0 saturated heterocycles. The average Bonchev–Trinajstić information content (AvgIpc) is 2.95. The van der Waals surface area contributed by atoms with Gasteiger partial charge < -0.3 is 9.51 Å². The summed E-state index contributed by atoms with van der Waals surface area (Å²) in [5.41, 5.74) is 3.43. The summed E-state index contributed by atoms with van der Waals surface area (Å²) in [6.07, 6.45) is 2.38. The van der Waals surface area contributed by atoms with Crippen LogP contribution in [-0.4, -0.2) is 25.4 Å². The Morgan fingerprint density at radius 2 is 2.15 bits per heavy atom. The van der Waals surface area contributed by atoms with Crippen LogP contribution in [0, 0.1) is 13.8 Å². The van der Waals surface area contributed by atoms with Gasteiger partial charge in [-0.2, -0.15) is 0 Å². The first-order valence-electron chi connectivity index (χ1n) is 6.16. The zero-order valence-electron chi connectivity index (χ0n) is 11.1. The number of aryl methyl sites for hydroxylation is 2. The standard InChI is InChI=1S/C14H13N3O2S/c1-8-3-4-11-16-13(14(18)19)10(17(11)6-8)5-12-15-9(2)7-20-12/h3-4,6-7H,5H2,1-2H3,(H,18,19). The van der Waals surface area contributed by atoms with Gasteiger partial charge in [-0.25, -0.2) is 14.8 Å². The van der Waals surface area contributed by atoms with E-state index in [1.165, 1.54) is 11.3 Å². The highest BCUT2D eigenvalue weighted by Gasteiger charge is 2.19. The molecule has 3 aromatic heterocycles. The topological polar surface area (TPSA) is 67.5 Å². The van der Waals surface area contributed by atoms with Gasteiger partial charge in [-0.05, 0) is 25.5 Å². The Morgan fingerprint density at radius 3 is 2.80 bits per heavy atom. The van der Waals surface area contributed by atoms with E-state index in [2.05, 4.69) is 9.97 Å². The number of carboxylic acid groups (broad SMARTS) is 1. The molecule has 3 aromatic rings. The molecule has 0 saturated carbocycles. The second-order valence-electron chi connectivity index (χ2n) is 4.71. The van der Waals surface area contributed by atoms with Crippen molar-refractivity contribution in [2.24, 2.45) is 0 Å². The maximum absolute atomic E-state index is 11.4. The summed E-state index contributed by atoms with van der Waals surface area (Å²) in [7, 11) is 0. The van der Waals surface area contributed by atoms with Gasteiger partial charge in [0, 0.05) is 23.7 Å². The van der Waals surface area contributed by atoms with Crippen LogP contribution in [0.4, 0.5) is 0 Å². The number of pyridine rings is 1. The van der Waals surface area contributed by atoms with Crippen LogP contribution in [-0.2, 0) is 6.42 Å². The number of hydrogen-bond acceptors (Lipinski definition) is 4. The quantitative estimate of drug-likeness (QED) is 0.804. The molecule has 0 atom stereocenters. The Morgan fingerprint density at radius 1 is 1.35 bits per heavy atom. The summed E-state index contributed by atoms with van der Waals surface area (Å²) >= 11 is 1.54. The third-order valence-corrected chi connectivity index (χ3v) is 4.02. The molecule has 3 heterocycles. The van der Waals surface area contributed by atoms with Gasteiger partial charge in [-0.1, -0.05) is 6.07 Å². The Kier molecular flexibility index (Phi) is 3.02. The minimum Gasteiger partial charge on any atom is -0.476 e. The van der Waals surface area contributed by atoms with E-state index in [9.17, 15) is 9.90 Å². The number of thiazole rings is 1. The molecule has 0 spiro atoms. The number of fused-ring (bicyclic) bond motifs is 1. The van der Waals surface area contributed by atoms with Crippen LogP contribution in [0.5, 0.6) is 0 Å². The van der Waals surface area contributed by atoms with E-state index in [-0.39, 0.29) is 5.69 Å². The van der Waals surface area contributed by atoms with Gasteiger partial charge in [0.15, 0.2) is 5.69 Å². The second-order valence-corrected chi connectivity index (χ2v) is 5.65. The van der Waals surface area contributed by atoms with Gasteiger partial charge >= 0.3 is 5.97 Å². The maximum Gasteiger partial charge on any atom is 0.356 e. The molecule has 3 rings (SSSR count). The van der Waals surface area contributed by atoms with Crippen molar-refractivity contribution in [3.8, 4) is 0 Å². The number of hydrogen-bond donors (Lipinski definition) is 1. The Labute approximate surface area is 119 Å². The molecule has 0 aliphatic rings. The molecular weight excluding hydrogens is 274 g/mol. The van der Waals surface area contributed by atoms with Crippen molar-refractivity contribution in [1.82, 2.24) is 14.4 Å². The summed E-state index contributed by atoms with van der Waals surface area (Å²) in [5.74, 6) is -1.00. The monoisotopic (exact) mass is 287 g/mol. The van der Waals surface area contributed by atoms with E-state index in [0.717, 1.165) is 16.3 Å². The molecule has 0 radical (unpaired) electrons. The molecule has 20 heavy (non-hydrogen) atoms. The lowest BCUT2D eigenvalue weighted by Gasteiger charge is -2.02. The molecule has 0 aliphatic heterocycles. The molecule has 1 N–H and O–H groups in total. The minimum absolute atomic E-state index is 0.100. The van der Waals surface area contributed by atoms with Crippen molar-refractivity contribution in [3.63, 3.8) is 0 Å². The number of carboxylic acids is 1. The van der Waals surface area contributed by atoms with Crippen LogP contribution in [0.2, 0.25) is 0 Å². The number of nitrogens with zero attached hydrogens (tertiary/aromatic N) is 3. The number of aromatic carboxylic acids is 1. The summed E-state index contributed by atoms with van der Waals surface area (Å²) in [6.45, 7) is 3.90. The summed E-state index contributed by atoms with van der Waals surface area (Å²) in [5, 5.41) is 12.2. The van der Waals surface area contributed by atoms with Crippen molar-refractivity contribution in [1.29, 1.82) is 0 Å². The minimum atomic E-state index is -1.00. The molecule has 0 unspecified atom stereocenters. The Hall–Kier alpha value is -2.21. The largest absolute Gasteiger partial charge is 0.476 e. The normalized spacial score (nSPS) is 11.1. The van der Waals surface area contributed by atoms with Gasteiger partial charge in [-0.15, -0.1) is 11.3 Å². The van der Waals surface area contributed by atoms with E-state index in [1.807, 2.05) is 42.0 Å². The number of imidazole rings is 1. The highest BCUT2D eigenvalue weighted by Crippen LogP contribution is 2.20. The third kappa shape index (κ3) is 2.18. The smallest absolute Gasteiger partial charge is 0.356 e. The predicted molar refractivity (Wildman–Crippen MR) is 76.5 cm³/mol. The SMILES string of the molecule is Cc1ccc2nc(C(=O)O)c(Cc3nc(C)cs3)n2c1. The van der Waals surface area contributed by atoms with Crippen LogP contribution in [0.25, 0.3) is 5.65 Å². The lowest BCUT2D eigenvalue weighted by Crippen LogP contribution is -2.04. The first-order valence-corrected chi connectivity index (χ1v) is 7.04. The zero-order chi connectivity index (χ0) is 14.3. The van der Waals surface area contributed by atoms with Gasteiger partial charge in [0.2, 0.25) is 0 Å². The molecule has 0 aliphatic carbocycles. The zero-order valence-corrected chi connectivity index (χ0v) is 11.9. The second kappa shape index (κ2) is 4.72. The predicted octanol–water partition coefficient (Wildman–Crippen LogP) is 2.70. The molecule has 0 fully saturated rings. The fourth-order valence-corrected chi connectivity index (χ4v) is 2.94. The molecule has 0 amide bonds. The van der Waals surface area contributed by atoms with Crippen LogP contribution < -0.4 is 0 Å². The van der Waals surface area contributed by atoms with Crippen molar-refractivity contribution >= 4 is 23.0 Å². The Bertz CT molecular complexity index is 804. The van der Waals surface area contributed by atoms with Gasteiger partial charge in [0.05, 0.1) is 10.7 Å². The number of carbonyl (C=O) groups is 1. The summed E-state index contributed by atoms with van der Waals surface area (Å²) in [4.78, 5) is 20.0. The van der Waals surface area contributed by atoms with Crippen molar-refractivity contribution in [2.45, 2.75) is 20.3 Å². The molecule has 0 bridgehead atoms. The van der Waals surface area contributed by atoms with Gasteiger partial charge in [0.1, 0.15) is 5.65 Å². The first-order chi connectivity index (χ1) is 9.54. The van der Waals surface area contributed by atoms with E-state index >= 15 is 0 Å². The average molecular weight is 287 g/mol. The molecular formula is C14H13N3O2S. The maximum atomic E-state index is 11.4. The van der Waals surface area contributed by atoms with E-state index in [1.54, 1.807) is 0 Å². The van der Waals surface area contributed by atoms with Crippen molar-refractivity contribution < 1.29 is 9.90 Å². The van der Waals surface area contributed by atoms with E-state index in [4.69, 9.17) is 0 Å². The van der Waals surface area contributed by atoms with Gasteiger partial charge in [-0.3, -0.25) is 0 Å². The third-order valence-electron chi connectivity index (χ3n) is 3.05. The number of aromatic nitrogens is 3. The highest BCUT2D eigenvalue weighted by atomic mass is 32.1. The molecule has 5 nitrogen and oxygen atoms in total. The van der Waals surface area contributed by atoms with Crippen LogP contribution in [0.3, 0.4) is 0 Å². The first kappa shape index (κ1) is 12.8. The fourth-order valence-electron chi connectivity index (χ4n) is 2.17. The lowest BCUT2D eigenvalue weighted by molar-refractivity contribution is 0.0690. The molecule has 0 aromatic carbocycles. The van der Waals surface area contributed by atoms with E-state index in [0.29, 0.717) is 17.8 Å². The van der Waals surface area contributed by atoms with Crippen LogP contribution >= 0.6 is 11.3 Å². The summed E-state index contributed by atoms with van der Waals surface area (Å²) < 4.78 is 1.84. The van der Waals surface area contributed by atoms with Crippen molar-refractivity contribution in [3.05, 3.63) is 51.4 Å². The van der Waals surface area contributed by atoms with Crippen molar-refractivity contribution in [2.75, 3.05) is 0 Å². The Balaban J connectivity index is 2.17. The molecule has 102 valence electrons. The number of rotatable bonds is 3. The van der Waals surface area contributed by atoms with Crippen LogP contribution in [0.15, 0.2) is 23.7 Å².